The maximum Gasteiger partial charge on any atom is 0.160 e. The molecular formula is C15H19N4+. The van der Waals surface area contributed by atoms with Gasteiger partial charge in [-0.25, -0.2) is 0 Å². The smallest absolute Gasteiger partial charge is 0.160 e. The molecular weight excluding hydrogens is 236 g/mol. The molecule has 0 radical (unpaired) electrons. The van der Waals surface area contributed by atoms with Gasteiger partial charge in [0.2, 0.25) is 0 Å². The molecule has 1 saturated carbocycles. The predicted octanol–water partition coefficient (Wildman–Crippen LogP) is 0.800. The van der Waals surface area contributed by atoms with Gasteiger partial charge in [0.1, 0.15) is 5.82 Å². The molecule has 0 amide bonds. The summed E-state index contributed by atoms with van der Waals surface area (Å²) in [7, 11) is 0. The lowest BCUT2D eigenvalue weighted by atomic mass is 9.71. The maximum absolute atomic E-state index is 4.28. The van der Waals surface area contributed by atoms with Crippen LogP contribution in [0.3, 0.4) is 0 Å². The third-order valence-corrected chi connectivity index (χ3v) is 4.63. The Morgan fingerprint density at radius 2 is 2.32 bits per heavy atom. The number of rotatable bonds is 4. The predicted molar refractivity (Wildman–Crippen MR) is 72.6 cm³/mol. The number of nitrogens with two attached hydrogens (primary N) is 1. The Bertz CT molecular complexity index is 615. The first kappa shape index (κ1) is 11.2. The quantitative estimate of drug-likeness (QED) is 0.821. The number of hydrogen-bond acceptors (Lipinski definition) is 2. The highest BCUT2D eigenvalue weighted by Crippen LogP contribution is 2.40. The highest BCUT2D eigenvalue weighted by Gasteiger charge is 2.43. The van der Waals surface area contributed by atoms with Crippen LogP contribution >= 0.6 is 0 Å². The molecule has 0 bridgehead atoms. The monoisotopic (exact) mass is 255 g/mol. The molecule has 0 unspecified atom stereocenters. The number of pyridine rings is 1. The molecule has 0 spiro atoms. The highest BCUT2D eigenvalue weighted by molar-refractivity contribution is 5.36. The standard InChI is InChI=1S/C15H18N4/c1-2-9-19-14(6-1)17-18-15(19)7-8-16-13-10-11-4-3-5-12(11)13/h1-3,5-6,9,11-13,16H,4,7-8,10H2/p+1/t11-,12-,13-/m0/s1. The molecule has 98 valence electrons. The number of nitrogens with zero attached hydrogens (tertiary/aromatic N) is 3. The molecule has 19 heavy (non-hydrogen) atoms. The SMILES string of the molecule is C1=C[C@H]2[C@@H](C1)C[C@@H]2[NH2+]CCc1nnc2ccccn12. The van der Waals surface area contributed by atoms with E-state index in [1.807, 2.05) is 24.4 Å². The molecule has 2 aliphatic rings. The van der Waals surface area contributed by atoms with Gasteiger partial charge in [0.05, 0.1) is 19.0 Å². The summed E-state index contributed by atoms with van der Waals surface area (Å²) in [4.78, 5) is 0. The van der Waals surface area contributed by atoms with Gasteiger partial charge in [-0.2, -0.15) is 0 Å². The van der Waals surface area contributed by atoms with Crippen LogP contribution in [0.4, 0.5) is 0 Å². The van der Waals surface area contributed by atoms with Crippen LogP contribution < -0.4 is 5.32 Å². The van der Waals surface area contributed by atoms with E-state index in [0.717, 1.165) is 42.3 Å². The minimum atomic E-state index is 0.808. The van der Waals surface area contributed by atoms with E-state index < -0.39 is 0 Å². The summed E-state index contributed by atoms with van der Waals surface area (Å²) < 4.78 is 2.09. The lowest BCUT2D eigenvalue weighted by Gasteiger charge is -2.37. The highest BCUT2D eigenvalue weighted by atomic mass is 15.2. The van der Waals surface area contributed by atoms with Gasteiger partial charge in [-0.05, 0) is 24.5 Å². The summed E-state index contributed by atoms with van der Waals surface area (Å²) >= 11 is 0. The fourth-order valence-corrected chi connectivity index (χ4v) is 3.52. The Labute approximate surface area is 112 Å². The van der Waals surface area contributed by atoms with Crippen molar-refractivity contribution in [3.63, 3.8) is 0 Å². The third-order valence-electron chi connectivity index (χ3n) is 4.63. The van der Waals surface area contributed by atoms with E-state index in [2.05, 4.69) is 32.1 Å². The van der Waals surface area contributed by atoms with Crippen LogP contribution in [0.1, 0.15) is 18.7 Å². The van der Waals surface area contributed by atoms with Crippen LogP contribution in [-0.2, 0) is 6.42 Å². The Hall–Kier alpha value is -1.68. The molecule has 2 aliphatic carbocycles. The molecule has 2 aromatic heterocycles. The van der Waals surface area contributed by atoms with Crippen molar-refractivity contribution in [1.29, 1.82) is 0 Å². The molecule has 4 nitrogen and oxygen atoms in total. The lowest BCUT2D eigenvalue weighted by Crippen LogP contribution is -2.94. The minimum absolute atomic E-state index is 0.808. The third kappa shape index (κ3) is 1.87. The van der Waals surface area contributed by atoms with Gasteiger partial charge in [0.25, 0.3) is 0 Å². The molecule has 2 heterocycles. The van der Waals surface area contributed by atoms with Crippen molar-refractivity contribution in [2.24, 2.45) is 11.8 Å². The van der Waals surface area contributed by atoms with Gasteiger partial charge >= 0.3 is 0 Å². The summed E-state index contributed by atoms with van der Waals surface area (Å²) in [6, 6.07) is 6.84. The number of aromatic nitrogens is 3. The van der Waals surface area contributed by atoms with Gasteiger partial charge in [-0.3, -0.25) is 4.40 Å². The molecule has 0 aromatic carbocycles. The van der Waals surface area contributed by atoms with Crippen LogP contribution in [0.25, 0.3) is 5.65 Å². The second-order valence-corrected chi connectivity index (χ2v) is 5.72. The summed E-state index contributed by atoms with van der Waals surface area (Å²) in [5, 5.41) is 11.0. The van der Waals surface area contributed by atoms with Gasteiger partial charge in [-0.1, -0.05) is 18.2 Å². The molecule has 1 fully saturated rings. The van der Waals surface area contributed by atoms with Crippen molar-refractivity contribution in [2.75, 3.05) is 6.54 Å². The Balaban J connectivity index is 1.36. The second kappa shape index (κ2) is 4.46. The molecule has 4 heteroatoms. The Morgan fingerprint density at radius 1 is 1.32 bits per heavy atom. The van der Waals surface area contributed by atoms with Crippen LogP contribution in [0, 0.1) is 11.8 Å². The van der Waals surface area contributed by atoms with E-state index in [1.54, 1.807) is 0 Å². The van der Waals surface area contributed by atoms with E-state index in [9.17, 15) is 0 Å². The fraction of sp³-hybridized carbons (Fsp3) is 0.467. The normalized spacial score (nSPS) is 28.5. The van der Waals surface area contributed by atoms with E-state index in [0.29, 0.717) is 0 Å². The molecule has 2 N–H and O–H groups in total. The van der Waals surface area contributed by atoms with Crippen molar-refractivity contribution in [1.82, 2.24) is 14.6 Å². The fourth-order valence-electron chi connectivity index (χ4n) is 3.52. The van der Waals surface area contributed by atoms with Crippen molar-refractivity contribution < 1.29 is 5.32 Å². The second-order valence-electron chi connectivity index (χ2n) is 5.72. The Morgan fingerprint density at radius 3 is 3.26 bits per heavy atom. The zero-order chi connectivity index (χ0) is 12.7. The molecule has 2 aromatic rings. The first-order valence-corrected chi connectivity index (χ1v) is 7.20. The number of quaternary nitrogens is 1. The van der Waals surface area contributed by atoms with Crippen LogP contribution in [-0.4, -0.2) is 27.2 Å². The summed E-state index contributed by atoms with van der Waals surface area (Å²) in [5.41, 5.74) is 0.944. The summed E-state index contributed by atoms with van der Waals surface area (Å²) in [6.07, 6.45) is 10.5. The zero-order valence-electron chi connectivity index (χ0n) is 10.9. The van der Waals surface area contributed by atoms with E-state index in [-0.39, 0.29) is 0 Å². The van der Waals surface area contributed by atoms with Gasteiger partial charge in [0, 0.05) is 18.5 Å². The van der Waals surface area contributed by atoms with Crippen molar-refractivity contribution in [2.45, 2.75) is 25.3 Å². The Kier molecular flexibility index (Phi) is 2.62. The average molecular weight is 255 g/mol. The first-order valence-electron chi connectivity index (χ1n) is 7.20. The topological polar surface area (TPSA) is 46.8 Å². The van der Waals surface area contributed by atoms with E-state index in [4.69, 9.17) is 0 Å². The van der Waals surface area contributed by atoms with Crippen molar-refractivity contribution in [3.05, 3.63) is 42.4 Å². The zero-order valence-corrected chi connectivity index (χ0v) is 10.9. The molecule has 3 atom stereocenters. The van der Waals surface area contributed by atoms with Gasteiger partial charge in [0.15, 0.2) is 5.65 Å². The van der Waals surface area contributed by atoms with Crippen molar-refractivity contribution in [3.8, 4) is 0 Å². The largest absolute Gasteiger partial charge is 0.343 e. The number of allylic oxidation sites excluding steroid dienone is 1. The van der Waals surface area contributed by atoms with Crippen LogP contribution in [0.15, 0.2) is 36.5 Å². The van der Waals surface area contributed by atoms with Crippen molar-refractivity contribution >= 4 is 5.65 Å². The number of hydrogen-bond donors (Lipinski definition) is 1. The minimum Gasteiger partial charge on any atom is -0.343 e. The van der Waals surface area contributed by atoms with E-state index in [1.165, 1.54) is 12.8 Å². The van der Waals surface area contributed by atoms with Crippen LogP contribution in [0.5, 0.6) is 0 Å². The molecule has 4 rings (SSSR count). The van der Waals surface area contributed by atoms with E-state index >= 15 is 0 Å². The van der Waals surface area contributed by atoms with Crippen LogP contribution in [0.2, 0.25) is 0 Å². The maximum atomic E-state index is 4.28. The lowest BCUT2D eigenvalue weighted by molar-refractivity contribution is -0.707. The van der Waals surface area contributed by atoms with Gasteiger partial charge < -0.3 is 5.32 Å². The molecule has 0 saturated heterocycles. The number of fused-ring (bicyclic) bond motifs is 2. The first-order chi connectivity index (χ1) is 9.42. The molecule has 0 aliphatic heterocycles. The summed E-state index contributed by atoms with van der Waals surface area (Å²) in [5.74, 6) is 2.87. The average Bonchev–Trinajstić information content (AvgIpc) is 2.99. The summed E-state index contributed by atoms with van der Waals surface area (Å²) in [6.45, 7) is 1.11. The van der Waals surface area contributed by atoms with Gasteiger partial charge in [-0.15, -0.1) is 10.2 Å².